The number of hydrogen-bond acceptors (Lipinski definition) is 2. The van der Waals surface area contributed by atoms with Gasteiger partial charge in [0.05, 0.1) is 0 Å². The number of halogens is 1. The average molecular weight is 228 g/mol. The van der Waals surface area contributed by atoms with Crippen molar-refractivity contribution in [1.82, 2.24) is 4.98 Å². The molecule has 0 aliphatic heterocycles. The van der Waals surface area contributed by atoms with Gasteiger partial charge in [-0.2, -0.15) is 12.6 Å². The van der Waals surface area contributed by atoms with Crippen LogP contribution in [0.3, 0.4) is 0 Å². The van der Waals surface area contributed by atoms with Gasteiger partial charge in [-0.15, -0.1) is 0 Å². The Balaban J connectivity index is 2.06. The first kappa shape index (κ1) is 10.3. The molecule has 14 heavy (non-hydrogen) atoms. The molecule has 0 N–H and O–H groups in total. The van der Waals surface area contributed by atoms with E-state index in [0.717, 1.165) is 6.42 Å². The van der Waals surface area contributed by atoms with Gasteiger partial charge in [0.2, 0.25) is 0 Å². The van der Waals surface area contributed by atoms with Crippen LogP contribution in [0.5, 0.6) is 0 Å². The highest BCUT2D eigenvalue weighted by atomic mass is 35.5. The number of thiol groups is 1. The lowest BCUT2D eigenvalue weighted by atomic mass is 9.98. The van der Waals surface area contributed by atoms with E-state index in [2.05, 4.69) is 4.98 Å². The number of hydrogen-bond donors (Lipinski definition) is 1. The molecule has 1 saturated carbocycles. The molecule has 1 fully saturated rings. The SMILES string of the molecule is SC1(Cc2ccc(Cl)nc2)CCCC1. The Morgan fingerprint density at radius 1 is 1.36 bits per heavy atom. The van der Waals surface area contributed by atoms with Crippen LogP contribution in [-0.2, 0) is 6.42 Å². The van der Waals surface area contributed by atoms with Crippen molar-refractivity contribution in [3.8, 4) is 0 Å². The minimum atomic E-state index is 0.204. The highest BCUT2D eigenvalue weighted by molar-refractivity contribution is 7.81. The molecule has 1 nitrogen and oxygen atoms in total. The first-order valence-electron chi connectivity index (χ1n) is 5.01. The normalized spacial score (nSPS) is 19.9. The highest BCUT2D eigenvalue weighted by Crippen LogP contribution is 2.38. The molecule has 0 spiro atoms. The quantitative estimate of drug-likeness (QED) is 0.603. The Labute approximate surface area is 95.3 Å². The fraction of sp³-hybridized carbons (Fsp3) is 0.545. The lowest BCUT2D eigenvalue weighted by Crippen LogP contribution is -2.19. The fourth-order valence-corrected chi connectivity index (χ4v) is 2.71. The summed E-state index contributed by atoms with van der Waals surface area (Å²) in [5, 5.41) is 0.563. The maximum Gasteiger partial charge on any atom is 0.129 e. The molecule has 1 heterocycles. The monoisotopic (exact) mass is 227 g/mol. The Morgan fingerprint density at radius 2 is 2.07 bits per heavy atom. The topological polar surface area (TPSA) is 12.9 Å². The van der Waals surface area contributed by atoms with Gasteiger partial charge >= 0.3 is 0 Å². The van der Waals surface area contributed by atoms with Gasteiger partial charge in [0.25, 0.3) is 0 Å². The molecule has 0 atom stereocenters. The standard InChI is InChI=1S/C11H14ClNS/c12-10-4-3-9(8-13-10)7-11(14)5-1-2-6-11/h3-4,8,14H,1-2,5-7H2. The molecule has 1 aliphatic carbocycles. The van der Waals surface area contributed by atoms with Crippen molar-refractivity contribution in [2.45, 2.75) is 36.9 Å². The van der Waals surface area contributed by atoms with Crippen molar-refractivity contribution in [2.75, 3.05) is 0 Å². The molecule has 1 aliphatic rings. The number of nitrogens with zero attached hydrogens (tertiary/aromatic N) is 1. The summed E-state index contributed by atoms with van der Waals surface area (Å²) in [6.07, 6.45) is 7.94. The summed E-state index contributed by atoms with van der Waals surface area (Å²) in [6, 6.07) is 3.90. The van der Waals surface area contributed by atoms with Crippen molar-refractivity contribution in [1.29, 1.82) is 0 Å². The molecule has 1 aromatic rings. The third-order valence-corrected chi connectivity index (χ3v) is 3.68. The summed E-state index contributed by atoms with van der Waals surface area (Å²) in [4.78, 5) is 4.08. The fourth-order valence-electron chi connectivity index (χ4n) is 2.10. The van der Waals surface area contributed by atoms with Gasteiger partial charge in [-0.05, 0) is 30.9 Å². The molecular weight excluding hydrogens is 214 g/mol. The molecular formula is C11H14ClNS. The van der Waals surface area contributed by atoms with Gasteiger partial charge in [0.1, 0.15) is 5.15 Å². The predicted octanol–water partition coefficient (Wildman–Crippen LogP) is 3.52. The van der Waals surface area contributed by atoms with E-state index in [1.165, 1.54) is 31.2 Å². The second-order valence-corrected chi connectivity index (χ2v) is 5.43. The Bertz CT molecular complexity index is 304. The number of pyridine rings is 1. The van der Waals surface area contributed by atoms with Crippen LogP contribution in [0.4, 0.5) is 0 Å². The van der Waals surface area contributed by atoms with Gasteiger partial charge in [-0.25, -0.2) is 4.98 Å². The molecule has 3 heteroatoms. The van der Waals surface area contributed by atoms with Crippen molar-refractivity contribution >= 4 is 24.2 Å². The van der Waals surface area contributed by atoms with E-state index in [9.17, 15) is 0 Å². The molecule has 76 valence electrons. The van der Waals surface area contributed by atoms with E-state index in [0.29, 0.717) is 5.15 Å². The van der Waals surface area contributed by atoms with E-state index < -0.39 is 0 Å². The van der Waals surface area contributed by atoms with Crippen LogP contribution < -0.4 is 0 Å². The smallest absolute Gasteiger partial charge is 0.129 e. The van der Waals surface area contributed by atoms with E-state index in [-0.39, 0.29) is 4.75 Å². The van der Waals surface area contributed by atoms with Crippen LogP contribution in [0.2, 0.25) is 5.15 Å². The summed E-state index contributed by atoms with van der Waals surface area (Å²) < 4.78 is 0.204. The molecule has 0 aromatic carbocycles. The zero-order chi connectivity index (χ0) is 10.0. The van der Waals surface area contributed by atoms with E-state index in [1.54, 1.807) is 0 Å². The average Bonchev–Trinajstić information content (AvgIpc) is 2.57. The van der Waals surface area contributed by atoms with Crippen LogP contribution in [0.15, 0.2) is 18.3 Å². The lowest BCUT2D eigenvalue weighted by Gasteiger charge is -2.21. The van der Waals surface area contributed by atoms with Crippen molar-refractivity contribution in [3.05, 3.63) is 29.0 Å². The molecule has 0 radical (unpaired) electrons. The van der Waals surface area contributed by atoms with Crippen molar-refractivity contribution < 1.29 is 0 Å². The van der Waals surface area contributed by atoms with Crippen LogP contribution in [-0.4, -0.2) is 9.73 Å². The van der Waals surface area contributed by atoms with E-state index in [1.807, 2.05) is 18.3 Å². The second-order valence-electron chi connectivity index (χ2n) is 4.10. The Kier molecular flexibility index (Phi) is 3.03. The summed E-state index contributed by atoms with van der Waals surface area (Å²) in [5.74, 6) is 0. The minimum Gasteiger partial charge on any atom is -0.244 e. The third kappa shape index (κ3) is 2.43. The Morgan fingerprint density at radius 3 is 2.64 bits per heavy atom. The maximum atomic E-state index is 5.73. The molecule has 1 aromatic heterocycles. The molecule has 0 saturated heterocycles. The molecule has 2 rings (SSSR count). The van der Waals surface area contributed by atoms with Gasteiger partial charge in [0, 0.05) is 10.9 Å². The van der Waals surface area contributed by atoms with Crippen LogP contribution in [0.1, 0.15) is 31.2 Å². The van der Waals surface area contributed by atoms with Gasteiger partial charge < -0.3 is 0 Å². The summed E-state index contributed by atoms with van der Waals surface area (Å²) in [5.41, 5.74) is 1.24. The largest absolute Gasteiger partial charge is 0.244 e. The number of aromatic nitrogens is 1. The molecule has 0 bridgehead atoms. The zero-order valence-electron chi connectivity index (χ0n) is 8.04. The maximum absolute atomic E-state index is 5.73. The van der Waals surface area contributed by atoms with Crippen molar-refractivity contribution in [3.63, 3.8) is 0 Å². The van der Waals surface area contributed by atoms with E-state index >= 15 is 0 Å². The summed E-state index contributed by atoms with van der Waals surface area (Å²) >= 11 is 10.5. The molecule has 0 amide bonds. The first-order chi connectivity index (χ1) is 6.68. The second kappa shape index (κ2) is 4.11. The minimum absolute atomic E-state index is 0.204. The first-order valence-corrected chi connectivity index (χ1v) is 5.83. The Hall–Kier alpha value is -0.210. The molecule has 0 unspecified atom stereocenters. The summed E-state index contributed by atoms with van der Waals surface area (Å²) in [7, 11) is 0. The predicted molar refractivity (Wildman–Crippen MR) is 63.1 cm³/mol. The van der Waals surface area contributed by atoms with Crippen LogP contribution in [0, 0.1) is 0 Å². The van der Waals surface area contributed by atoms with Crippen LogP contribution in [0.25, 0.3) is 0 Å². The lowest BCUT2D eigenvalue weighted by molar-refractivity contribution is 0.609. The van der Waals surface area contributed by atoms with Gasteiger partial charge in [0.15, 0.2) is 0 Å². The number of rotatable bonds is 2. The van der Waals surface area contributed by atoms with Gasteiger partial charge in [-0.1, -0.05) is 30.5 Å². The van der Waals surface area contributed by atoms with E-state index in [4.69, 9.17) is 24.2 Å². The zero-order valence-corrected chi connectivity index (χ0v) is 9.69. The van der Waals surface area contributed by atoms with Crippen molar-refractivity contribution in [2.24, 2.45) is 0 Å². The van der Waals surface area contributed by atoms with Crippen LogP contribution >= 0.6 is 24.2 Å². The summed E-state index contributed by atoms with van der Waals surface area (Å²) in [6.45, 7) is 0. The van der Waals surface area contributed by atoms with Gasteiger partial charge in [-0.3, -0.25) is 0 Å². The highest BCUT2D eigenvalue weighted by Gasteiger charge is 2.29. The third-order valence-electron chi connectivity index (χ3n) is 2.86.